The molecule has 1 N–H and O–H groups in total. The lowest BCUT2D eigenvalue weighted by Gasteiger charge is -2.41. The van der Waals surface area contributed by atoms with Crippen LogP contribution >= 0.6 is 0 Å². The molecule has 2 aromatic rings. The van der Waals surface area contributed by atoms with Gasteiger partial charge in [0.15, 0.2) is 0 Å². The molecular formula is C20H27N3O2. The summed E-state index contributed by atoms with van der Waals surface area (Å²) < 4.78 is 5.47. The van der Waals surface area contributed by atoms with Crippen molar-refractivity contribution >= 4 is 5.97 Å². The third-order valence-corrected chi connectivity index (χ3v) is 4.89. The zero-order valence-corrected chi connectivity index (χ0v) is 15.1. The summed E-state index contributed by atoms with van der Waals surface area (Å²) in [6.07, 6.45) is 2.59. The summed E-state index contributed by atoms with van der Waals surface area (Å²) in [5.74, 6) is -0.0678. The lowest BCUT2D eigenvalue weighted by molar-refractivity contribution is -0.159. The molecule has 1 aliphatic heterocycles. The lowest BCUT2D eigenvalue weighted by Crippen LogP contribution is -2.49. The van der Waals surface area contributed by atoms with Crippen molar-refractivity contribution in [3.8, 4) is 0 Å². The van der Waals surface area contributed by atoms with E-state index in [1.807, 2.05) is 32.0 Å². The minimum absolute atomic E-state index is 0.0678. The number of nitrogens with zero attached hydrogens (tertiary/aromatic N) is 2. The third-order valence-electron chi connectivity index (χ3n) is 4.89. The van der Waals surface area contributed by atoms with Crippen molar-refractivity contribution in [1.29, 1.82) is 0 Å². The molecule has 1 saturated heterocycles. The first kappa shape index (κ1) is 17.7. The molecule has 25 heavy (non-hydrogen) atoms. The number of piperidine rings is 1. The smallest absolute Gasteiger partial charge is 0.313 e. The fourth-order valence-corrected chi connectivity index (χ4v) is 3.80. The summed E-state index contributed by atoms with van der Waals surface area (Å²) in [6, 6.07) is 12.3. The van der Waals surface area contributed by atoms with Gasteiger partial charge in [-0.25, -0.2) is 0 Å². The molecule has 0 saturated carbocycles. The number of aryl methyl sites for hydroxylation is 1. The summed E-state index contributed by atoms with van der Waals surface area (Å²) in [5.41, 5.74) is 2.80. The number of carbonyl (C=O) groups excluding carboxylic acids is 1. The number of H-pyrrole nitrogens is 1. The second-order valence-corrected chi connectivity index (χ2v) is 7.02. The molecule has 134 valence electrons. The highest BCUT2D eigenvalue weighted by molar-refractivity contribution is 5.77. The molecule has 1 fully saturated rings. The molecule has 5 nitrogen and oxygen atoms in total. The SMILES string of the molecule is CCOC(=O)C1(Cc2ccccc2)CCCN(Cc2cc(C)[nH]n2)C1. The van der Waals surface area contributed by atoms with E-state index < -0.39 is 5.41 Å². The Hall–Kier alpha value is -2.14. The molecule has 5 heteroatoms. The summed E-state index contributed by atoms with van der Waals surface area (Å²) in [4.78, 5) is 15.2. The molecule has 1 aromatic heterocycles. The van der Waals surface area contributed by atoms with Gasteiger partial charge in [0.25, 0.3) is 0 Å². The fraction of sp³-hybridized carbons (Fsp3) is 0.500. The number of likely N-dealkylation sites (tertiary alicyclic amines) is 1. The first-order chi connectivity index (χ1) is 12.1. The van der Waals surface area contributed by atoms with Crippen LogP contribution in [0.3, 0.4) is 0 Å². The van der Waals surface area contributed by atoms with E-state index in [9.17, 15) is 4.79 Å². The molecule has 1 aliphatic rings. The standard InChI is InChI=1S/C20H27N3O2/c1-3-25-19(24)20(13-17-8-5-4-6-9-17)10-7-11-23(15-20)14-18-12-16(2)21-22-18/h4-6,8-9,12H,3,7,10-11,13-15H2,1-2H3,(H,21,22). The molecule has 1 aromatic carbocycles. The van der Waals surface area contributed by atoms with Crippen LogP contribution in [0.4, 0.5) is 0 Å². The Labute approximate surface area is 149 Å². The predicted molar refractivity (Wildman–Crippen MR) is 97.0 cm³/mol. The van der Waals surface area contributed by atoms with Crippen molar-refractivity contribution in [2.45, 2.75) is 39.7 Å². The minimum Gasteiger partial charge on any atom is -0.466 e. The van der Waals surface area contributed by atoms with E-state index in [1.54, 1.807) is 0 Å². The van der Waals surface area contributed by atoms with Crippen molar-refractivity contribution in [3.05, 3.63) is 53.3 Å². The molecule has 1 unspecified atom stereocenters. The van der Waals surface area contributed by atoms with Crippen molar-refractivity contribution in [1.82, 2.24) is 15.1 Å². The predicted octanol–water partition coefficient (Wildman–Crippen LogP) is 3.11. The lowest BCUT2D eigenvalue weighted by atomic mass is 9.75. The average molecular weight is 341 g/mol. The monoisotopic (exact) mass is 341 g/mol. The number of nitrogens with one attached hydrogen (secondary N) is 1. The number of carbonyl (C=O) groups is 1. The highest BCUT2D eigenvalue weighted by atomic mass is 16.5. The van der Waals surface area contributed by atoms with Crippen molar-refractivity contribution in [2.24, 2.45) is 5.41 Å². The van der Waals surface area contributed by atoms with Crippen molar-refractivity contribution in [2.75, 3.05) is 19.7 Å². The average Bonchev–Trinajstić information content (AvgIpc) is 3.01. The van der Waals surface area contributed by atoms with E-state index in [-0.39, 0.29) is 5.97 Å². The zero-order chi connectivity index (χ0) is 17.7. The van der Waals surface area contributed by atoms with E-state index in [0.29, 0.717) is 13.2 Å². The molecule has 0 bridgehead atoms. The van der Waals surface area contributed by atoms with Gasteiger partial charge >= 0.3 is 5.97 Å². The van der Waals surface area contributed by atoms with Gasteiger partial charge < -0.3 is 4.74 Å². The number of hydrogen-bond acceptors (Lipinski definition) is 4. The van der Waals surface area contributed by atoms with Crippen LogP contribution in [-0.2, 0) is 22.5 Å². The first-order valence-corrected chi connectivity index (χ1v) is 9.06. The number of aromatic nitrogens is 2. The Morgan fingerprint density at radius 2 is 2.16 bits per heavy atom. The van der Waals surface area contributed by atoms with Gasteiger partial charge in [0.2, 0.25) is 0 Å². The molecule has 3 rings (SSSR count). The molecule has 0 aliphatic carbocycles. The number of ether oxygens (including phenoxy) is 1. The highest BCUT2D eigenvalue weighted by Crippen LogP contribution is 2.35. The van der Waals surface area contributed by atoms with Gasteiger partial charge in [0.1, 0.15) is 0 Å². The van der Waals surface area contributed by atoms with Crippen LogP contribution in [-0.4, -0.2) is 40.8 Å². The van der Waals surface area contributed by atoms with Crippen molar-refractivity contribution < 1.29 is 9.53 Å². The van der Waals surface area contributed by atoms with Gasteiger partial charge in [-0.2, -0.15) is 5.10 Å². The summed E-state index contributed by atoms with van der Waals surface area (Å²) in [7, 11) is 0. The molecule has 0 amide bonds. The highest BCUT2D eigenvalue weighted by Gasteiger charge is 2.43. The maximum atomic E-state index is 12.9. The first-order valence-electron chi connectivity index (χ1n) is 9.06. The Bertz CT molecular complexity index is 698. The Morgan fingerprint density at radius 1 is 1.36 bits per heavy atom. The van der Waals surface area contributed by atoms with Gasteiger partial charge in [-0.15, -0.1) is 0 Å². The normalized spacial score (nSPS) is 21.2. The third kappa shape index (κ3) is 4.28. The van der Waals surface area contributed by atoms with Gasteiger partial charge in [-0.05, 0) is 51.3 Å². The van der Waals surface area contributed by atoms with Crippen molar-refractivity contribution in [3.63, 3.8) is 0 Å². The van der Waals surface area contributed by atoms with Gasteiger partial charge in [-0.1, -0.05) is 30.3 Å². The topological polar surface area (TPSA) is 58.2 Å². The van der Waals surface area contributed by atoms with Gasteiger partial charge in [0, 0.05) is 18.8 Å². The number of benzene rings is 1. The Kier molecular flexibility index (Phi) is 5.53. The number of hydrogen-bond donors (Lipinski definition) is 1. The number of aromatic amines is 1. The summed E-state index contributed by atoms with van der Waals surface area (Å²) in [6.45, 7) is 6.77. The van der Waals surface area contributed by atoms with E-state index in [4.69, 9.17) is 4.74 Å². The van der Waals surface area contributed by atoms with Crippen LogP contribution in [0.25, 0.3) is 0 Å². The molecule has 0 spiro atoms. The number of esters is 1. The van der Waals surface area contributed by atoms with E-state index in [1.165, 1.54) is 5.56 Å². The van der Waals surface area contributed by atoms with Crippen LogP contribution in [0.2, 0.25) is 0 Å². The maximum absolute atomic E-state index is 12.9. The molecule has 2 heterocycles. The van der Waals surface area contributed by atoms with Crippen LogP contribution in [0.5, 0.6) is 0 Å². The van der Waals surface area contributed by atoms with Crippen LogP contribution in [0, 0.1) is 12.3 Å². The molecule has 1 atom stereocenters. The van der Waals surface area contributed by atoms with E-state index >= 15 is 0 Å². The van der Waals surface area contributed by atoms with E-state index in [2.05, 4.69) is 33.3 Å². The van der Waals surface area contributed by atoms with Crippen LogP contribution < -0.4 is 0 Å². The zero-order valence-electron chi connectivity index (χ0n) is 15.1. The Morgan fingerprint density at radius 3 is 2.84 bits per heavy atom. The maximum Gasteiger partial charge on any atom is 0.313 e. The van der Waals surface area contributed by atoms with Crippen LogP contribution in [0.15, 0.2) is 36.4 Å². The van der Waals surface area contributed by atoms with Gasteiger partial charge in [-0.3, -0.25) is 14.8 Å². The summed E-state index contributed by atoms with van der Waals surface area (Å²) in [5, 5.41) is 7.33. The minimum atomic E-state index is -0.471. The van der Waals surface area contributed by atoms with E-state index in [0.717, 1.165) is 43.7 Å². The van der Waals surface area contributed by atoms with Gasteiger partial charge in [0.05, 0.1) is 17.7 Å². The largest absolute Gasteiger partial charge is 0.466 e. The quantitative estimate of drug-likeness (QED) is 0.820. The second-order valence-electron chi connectivity index (χ2n) is 7.02. The second kappa shape index (κ2) is 7.83. The summed E-state index contributed by atoms with van der Waals surface area (Å²) >= 11 is 0. The number of rotatable bonds is 6. The van der Waals surface area contributed by atoms with Crippen LogP contribution in [0.1, 0.15) is 36.7 Å². The molecular weight excluding hydrogens is 314 g/mol. The molecule has 0 radical (unpaired) electrons. The fourth-order valence-electron chi connectivity index (χ4n) is 3.80. The Balaban J connectivity index is 1.79.